The van der Waals surface area contributed by atoms with E-state index in [9.17, 15) is 4.79 Å². The van der Waals surface area contributed by atoms with E-state index in [-0.39, 0.29) is 5.78 Å². The third-order valence-corrected chi connectivity index (χ3v) is 3.36. The second kappa shape index (κ2) is 5.68. The highest BCUT2D eigenvalue weighted by molar-refractivity contribution is 7.99. The second-order valence-corrected chi connectivity index (χ2v) is 4.88. The van der Waals surface area contributed by atoms with E-state index in [4.69, 9.17) is 0 Å². The van der Waals surface area contributed by atoms with Crippen molar-refractivity contribution >= 4 is 17.5 Å². The van der Waals surface area contributed by atoms with Crippen molar-refractivity contribution in [3.05, 3.63) is 48.3 Å². The highest BCUT2D eigenvalue weighted by Crippen LogP contribution is 2.16. The summed E-state index contributed by atoms with van der Waals surface area (Å²) < 4.78 is 1.81. The van der Waals surface area contributed by atoms with E-state index in [1.165, 1.54) is 4.90 Å². The summed E-state index contributed by atoms with van der Waals surface area (Å²) in [5.74, 6) is 1.01. The summed E-state index contributed by atoms with van der Waals surface area (Å²) in [6.07, 6.45) is 3.42. The van der Waals surface area contributed by atoms with Gasteiger partial charge in [-0.25, -0.2) is 0 Å². The Kier molecular flexibility index (Phi) is 3.98. The maximum atomic E-state index is 11.1. The Morgan fingerprint density at radius 2 is 2.12 bits per heavy atom. The number of ketones is 1. The maximum absolute atomic E-state index is 11.1. The largest absolute Gasteiger partial charge is 0.294 e. The molecular weight excluding hydrogens is 232 g/mol. The topological polar surface area (TPSA) is 34.9 Å². The van der Waals surface area contributed by atoms with Crippen LogP contribution in [0.2, 0.25) is 0 Å². The van der Waals surface area contributed by atoms with Crippen molar-refractivity contribution in [2.75, 3.05) is 5.75 Å². The van der Waals surface area contributed by atoms with Gasteiger partial charge in [-0.1, -0.05) is 18.2 Å². The number of carbonyl (C=O) groups is 1. The molecule has 2 rings (SSSR count). The van der Waals surface area contributed by atoms with Crippen LogP contribution < -0.4 is 0 Å². The highest BCUT2D eigenvalue weighted by Gasteiger charge is 2.02. The van der Waals surface area contributed by atoms with Crippen molar-refractivity contribution < 1.29 is 4.79 Å². The molecule has 0 unspecified atom stereocenters. The molecule has 0 fully saturated rings. The molecule has 0 radical (unpaired) electrons. The lowest BCUT2D eigenvalue weighted by molar-refractivity contribution is 0.101. The Morgan fingerprint density at radius 1 is 1.35 bits per heavy atom. The molecule has 0 atom stereocenters. The average Bonchev–Trinajstić information content (AvgIpc) is 2.79. The summed E-state index contributed by atoms with van der Waals surface area (Å²) >= 11 is 1.79. The fourth-order valence-electron chi connectivity index (χ4n) is 1.44. The Labute approximate surface area is 105 Å². The van der Waals surface area contributed by atoms with Crippen molar-refractivity contribution in [1.29, 1.82) is 0 Å². The Bertz CT molecular complexity index is 493. The molecule has 2 aromatic rings. The summed E-state index contributed by atoms with van der Waals surface area (Å²) in [4.78, 5) is 12.4. The molecule has 0 aliphatic carbocycles. The van der Waals surface area contributed by atoms with E-state index in [0.717, 1.165) is 12.3 Å². The first kappa shape index (κ1) is 11.9. The number of aromatic nitrogens is 2. The fraction of sp³-hybridized carbons (Fsp3) is 0.231. The Hall–Kier alpha value is -1.55. The highest BCUT2D eigenvalue weighted by atomic mass is 32.2. The smallest absolute Gasteiger partial charge is 0.162 e. The number of aryl methyl sites for hydroxylation is 1. The van der Waals surface area contributed by atoms with E-state index in [1.807, 2.05) is 22.9 Å². The molecule has 0 amide bonds. The van der Waals surface area contributed by atoms with Gasteiger partial charge in [-0.2, -0.15) is 5.10 Å². The van der Waals surface area contributed by atoms with E-state index >= 15 is 0 Å². The zero-order valence-corrected chi connectivity index (χ0v) is 10.5. The number of carbonyl (C=O) groups excluding carboxylic acids is 1. The quantitative estimate of drug-likeness (QED) is 0.601. The standard InChI is InChI=1S/C13H14N2OS/c1-11(16)12-9-14-15(10-12)7-8-17-13-5-3-2-4-6-13/h2-6,9-10H,7-8H2,1H3. The molecule has 0 saturated heterocycles. The van der Waals surface area contributed by atoms with Gasteiger partial charge in [0.2, 0.25) is 0 Å². The number of nitrogens with zero attached hydrogens (tertiary/aromatic N) is 2. The number of benzene rings is 1. The molecule has 0 saturated carbocycles. The van der Waals surface area contributed by atoms with Crippen LogP contribution in [-0.2, 0) is 6.54 Å². The van der Waals surface area contributed by atoms with Crippen LogP contribution in [0.4, 0.5) is 0 Å². The third kappa shape index (κ3) is 3.46. The first-order valence-corrected chi connectivity index (χ1v) is 6.45. The van der Waals surface area contributed by atoms with Crippen molar-refractivity contribution in [2.24, 2.45) is 0 Å². The van der Waals surface area contributed by atoms with Crippen molar-refractivity contribution in [2.45, 2.75) is 18.4 Å². The summed E-state index contributed by atoms with van der Waals surface area (Å²) in [6, 6.07) is 10.3. The van der Waals surface area contributed by atoms with Crippen LogP contribution in [0.1, 0.15) is 17.3 Å². The number of Topliss-reactive ketones (excluding diaryl/α,β-unsaturated/α-hetero) is 1. The van der Waals surface area contributed by atoms with Gasteiger partial charge in [0.1, 0.15) is 0 Å². The maximum Gasteiger partial charge on any atom is 0.162 e. The zero-order valence-electron chi connectivity index (χ0n) is 9.67. The van der Waals surface area contributed by atoms with Gasteiger partial charge in [-0.05, 0) is 19.1 Å². The van der Waals surface area contributed by atoms with E-state index < -0.39 is 0 Å². The van der Waals surface area contributed by atoms with Gasteiger partial charge in [0.25, 0.3) is 0 Å². The monoisotopic (exact) mass is 246 g/mol. The molecule has 0 aliphatic heterocycles. The molecule has 0 N–H and O–H groups in total. The predicted molar refractivity (Wildman–Crippen MR) is 69.4 cm³/mol. The van der Waals surface area contributed by atoms with Crippen LogP contribution in [0.3, 0.4) is 0 Å². The SMILES string of the molecule is CC(=O)c1cnn(CCSc2ccccc2)c1. The van der Waals surface area contributed by atoms with Crippen LogP contribution in [0.5, 0.6) is 0 Å². The molecule has 88 valence electrons. The number of thioether (sulfide) groups is 1. The average molecular weight is 246 g/mol. The van der Waals surface area contributed by atoms with E-state index in [1.54, 1.807) is 31.1 Å². The molecule has 3 nitrogen and oxygen atoms in total. The molecule has 1 heterocycles. The second-order valence-electron chi connectivity index (χ2n) is 3.71. The van der Waals surface area contributed by atoms with Gasteiger partial charge in [0, 0.05) is 16.8 Å². The van der Waals surface area contributed by atoms with E-state index in [0.29, 0.717) is 5.56 Å². The summed E-state index contributed by atoms with van der Waals surface area (Å²) in [6.45, 7) is 2.37. The number of rotatable bonds is 5. The zero-order chi connectivity index (χ0) is 12.1. The van der Waals surface area contributed by atoms with Crippen LogP contribution >= 0.6 is 11.8 Å². The number of hydrogen-bond donors (Lipinski definition) is 0. The molecule has 0 bridgehead atoms. The molecule has 4 heteroatoms. The van der Waals surface area contributed by atoms with Crippen molar-refractivity contribution in [3.8, 4) is 0 Å². The minimum atomic E-state index is 0.0620. The van der Waals surface area contributed by atoms with Crippen LogP contribution in [0.15, 0.2) is 47.6 Å². The van der Waals surface area contributed by atoms with Crippen LogP contribution in [0, 0.1) is 0 Å². The van der Waals surface area contributed by atoms with Gasteiger partial charge in [-0.3, -0.25) is 9.48 Å². The van der Waals surface area contributed by atoms with Gasteiger partial charge in [0.15, 0.2) is 5.78 Å². The normalized spacial score (nSPS) is 10.4. The van der Waals surface area contributed by atoms with Crippen LogP contribution in [-0.4, -0.2) is 21.3 Å². The molecular formula is C13H14N2OS. The lowest BCUT2D eigenvalue weighted by atomic mass is 10.3. The van der Waals surface area contributed by atoms with Gasteiger partial charge in [-0.15, -0.1) is 11.8 Å². The Balaban J connectivity index is 1.84. The first-order valence-electron chi connectivity index (χ1n) is 5.47. The van der Waals surface area contributed by atoms with Gasteiger partial charge in [0.05, 0.1) is 18.3 Å². The summed E-state index contributed by atoms with van der Waals surface area (Å²) in [5, 5.41) is 4.15. The van der Waals surface area contributed by atoms with Gasteiger partial charge < -0.3 is 0 Å². The first-order chi connectivity index (χ1) is 8.25. The van der Waals surface area contributed by atoms with E-state index in [2.05, 4.69) is 17.2 Å². The predicted octanol–water partition coefficient (Wildman–Crippen LogP) is 2.88. The van der Waals surface area contributed by atoms with Crippen LogP contribution in [0.25, 0.3) is 0 Å². The van der Waals surface area contributed by atoms with Crippen molar-refractivity contribution in [3.63, 3.8) is 0 Å². The molecule has 0 aliphatic rings. The minimum absolute atomic E-state index is 0.0620. The van der Waals surface area contributed by atoms with Gasteiger partial charge >= 0.3 is 0 Å². The summed E-state index contributed by atoms with van der Waals surface area (Å²) in [7, 11) is 0. The lowest BCUT2D eigenvalue weighted by Gasteiger charge is -2.01. The molecule has 17 heavy (non-hydrogen) atoms. The molecule has 1 aromatic heterocycles. The minimum Gasteiger partial charge on any atom is -0.294 e. The third-order valence-electron chi connectivity index (χ3n) is 2.37. The fourth-order valence-corrected chi connectivity index (χ4v) is 2.31. The van der Waals surface area contributed by atoms with Crippen molar-refractivity contribution in [1.82, 2.24) is 9.78 Å². The Morgan fingerprint density at radius 3 is 2.76 bits per heavy atom. The summed E-state index contributed by atoms with van der Waals surface area (Å²) in [5.41, 5.74) is 0.676. The molecule has 1 aromatic carbocycles. The molecule has 0 spiro atoms. The number of hydrogen-bond acceptors (Lipinski definition) is 3. The lowest BCUT2D eigenvalue weighted by Crippen LogP contribution is -2.00.